The molecule has 0 bridgehead atoms. The third-order valence-corrected chi connectivity index (χ3v) is 3.66. The summed E-state index contributed by atoms with van der Waals surface area (Å²) >= 11 is 0. The van der Waals surface area contributed by atoms with Crippen molar-refractivity contribution in [3.05, 3.63) is 36.0 Å². The highest BCUT2D eigenvalue weighted by Gasteiger charge is 2.19. The molecule has 0 aliphatic rings. The van der Waals surface area contributed by atoms with Crippen LogP contribution in [0.4, 0.5) is 4.79 Å². The van der Waals surface area contributed by atoms with Crippen molar-refractivity contribution in [3.63, 3.8) is 0 Å². The zero-order chi connectivity index (χ0) is 17.9. The summed E-state index contributed by atoms with van der Waals surface area (Å²) in [7, 11) is 0. The average molecular weight is 333 g/mol. The van der Waals surface area contributed by atoms with E-state index < -0.39 is 24.0 Å². The fraction of sp³-hybridized carbons (Fsp3) is 0.312. The number of hydrogen-bond acceptors (Lipinski definition) is 4. The lowest BCUT2D eigenvalue weighted by atomic mass is 10.1. The fourth-order valence-corrected chi connectivity index (χ4v) is 2.57. The number of nitrogens with two attached hydrogens (primary N) is 1. The molecular weight excluding hydrogens is 314 g/mol. The van der Waals surface area contributed by atoms with Gasteiger partial charge in [0.25, 0.3) is 0 Å². The number of para-hydroxylation sites is 1. The van der Waals surface area contributed by atoms with Gasteiger partial charge in [-0.05, 0) is 25.0 Å². The summed E-state index contributed by atoms with van der Waals surface area (Å²) in [5, 5.41) is 21.4. The van der Waals surface area contributed by atoms with Crippen LogP contribution in [0.15, 0.2) is 30.5 Å². The summed E-state index contributed by atoms with van der Waals surface area (Å²) in [4.78, 5) is 33.7. The number of hydrogen-bond donors (Lipinski definition) is 4. The van der Waals surface area contributed by atoms with E-state index in [9.17, 15) is 19.5 Å². The lowest BCUT2D eigenvalue weighted by Gasteiger charge is -2.14. The molecule has 2 aromatic rings. The van der Waals surface area contributed by atoms with Crippen LogP contribution in [-0.4, -0.2) is 44.8 Å². The third kappa shape index (κ3) is 3.90. The van der Waals surface area contributed by atoms with E-state index in [1.165, 1.54) is 6.20 Å². The molecule has 5 N–H and O–H groups in total. The zero-order valence-electron chi connectivity index (χ0n) is 13.1. The zero-order valence-corrected chi connectivity index (χ0v) is 13.1. The molecule has 0 spiro atoms. The topological polar surface area (TPSA) is 135 Å². The molecule has 2 rings (SSSR count). The maximum absolute atomic E-state index is 11.8. The van der Waals surface area contributed by atoms with Gasteiger partial charge in [0.2, 0.25) is 5.91 Å². The summed E-state index contributed by atoms with van der Waals surface area (Å²) < 4.78 is 1.14. The van der Waals surface area contributed by atoms with Gasteiger partial charge in [0.1, 0.15) is 6.04 Å². The van der Waals surface area contributed by atoms with Crippen LogP contribution in [0.2, 0.25) is 0 Å². The van der Waals surface area contributed by atoms with Crippen LogP contribution in [0.3, 0.4) is 0 Å². The van der Waals surface area contributed by atoms with Gasteiger partial charge in [0, 0.05) is 17.6 Å². The Bertz CT molecular complexity index is 783. The summed E-state index contributed by atoms with van der Waals surface area (Å²) in [6.07, 6.45) is 0.547. The largest absolute Gasteiger partial charge is 0.480 e. The molecule has 8 nitrogen and oxygen atoms in total. The number of fused-ring (bicyclic) bond motifs is 1. The molecule has 8 heteroatoms. The first-order valence-electron chi connectivity index (χ1n) is 7.39. The Morgan fingerprint density at radius 1 is 1.25 bits per heavy atom. The summed E-state index contributed by atoms with van der Waals surface area (Å²) in [5.74, 6) is -1.69. The van der Waals surface area contributed by atoms with Gasteiger partial charge in [0.05, 0.1) is 11.9 Å². The predicted molar refractivity (Wildman–Crippen MR) is 86.9 cm³/mol. The van der Waals surface area contributed by atoms with Crippen molar-refractivity contribution in [3.8, 4) is 0 Å². The molecule has 1 amide bonds. The molecule has 0 aliphatic heterocycles. The second-order valence-corrected chi connectivity index (χ2v) is 5.65. The minimum Gasteiger partial charge on any atom is -0.480 e. The number of nitrogens with one attached hydrogen (secondary N) is 1. The summed E-state index contributed by atoms with van der Waals surface area (Å²) in [6.45, 7) is 1.76. The Balaban J connectivity index is 2.11. The molecule has 1 aromatic carbocycles. The first-order valence-corrected chi connectivity index (χ1v) is 7.39. The number of rotatable bonds is 6. The van der Waals surface area contributed by atoms with Crippen LogP contribution >= 0.6 is 0 Å². The molecule has 0 aliphatic carbocycles. The highest BCUT2D eigenvalue weighted by Crippen LogP contribution is 2.22. The number of carboxylic acids is 1. The molecule has 0 saturated heterocycles. The Hall–Kier alpha value is -2.87. The molecule has 0 saturated carbocycles. The summed E-state index contributed by atoms with van der Waals surface area (Å²) in [5.41, 5.74) is 6.68. The van der Waals surface area contributed by atoms with E-state index in [2.05, 4.69) is 5.32 Å². The maximum atomic E-state index is 11.8. The molecule has 0 radical (unpaired) electrons. The van der Waals surface area contributed by atoms with E-state index in [1.54, 1.807) is 19.1 Å². The van der Waals surface area contributed by atoms with E-state index in [4.69, 9.17) is 10.8 Å². The van der Waals surface area contributed by atoms with Crippen LogP contribution in [0.25, 0.3) is 10.9 Å². The second kappa shape index (κ2) is 7.14. The monoisotopic (exact) mass is 333 g/mol. The number of aromatic nitrogens is 1. The Morgan fingerprint density at radius 2 is 1.92 bits per heavy atom. The lowest BCUT2D eigenvalue weighted by molar-refractivity contribution is -0.140. The van der Waals surface area contributed by atoms with Crippen LogP contribution in [-0.2, 0) is 16.0 Å². The minimum absolute atomic E-state index is 0.299. The fourth-order valence-electron chi connectivity index (χ4n) is 2.57. The van der Waals surface area contributed by atoms with Crippen molar-refractivity contribution in [1.82, 2.24) is 9.88 Å². The van der Waals surface area contributed by atoms with Gasteiger partial charge in [-0.15, -0.1) is 0 Å². The van der Waals surface area contributed by atoms with E-state index in [-0.39, 0.29) is 12.5 Å². The number of carboxylic acid groups (broad SMARTS) is 2. The molecular formula is C16H19N3O5. The van der Waals surface area contributed by atoms with E-state index >= 15 is 0 Å². The number of benzene rings is 1. The van der Waals surface area contributed by atoms with E-state index in [1.807, 2.05) is 12.1 Å². The quantitative estimate of drug-likeness (QED) is 0.623. The highest BCUT2D eigenvalue weighted by atomic mass is 16.4. The predicted octanol–water partition coefficient (Wildman–Crippen LogP) is 1.02. The maximum Gasteiger partial charge on any atom is 0.416 e. The molecule has 1 aromatic heterocycles. The van der Waals surface area contributed by atoms with Crippen LogP contribution in [0, 0.1) is 0 Å². The number of nitrogens with zero attached hydrogens (tertiary/aromatic N) is 1. The van der Waals surface area contributed by atoms with Crippen LogP contribution in [0.1, 0.15) is 18.9 Å². The number of aliphatic carboxylic acids is 1. The summed E-state index contributed by atoms with van der Waals surface area (Å²) in [6, 6.07) is 5.55. The van der Waals surface area contributed by atoms with Gasteiger partial charge in [-0.3, -0.25) is 14.2 Å². The number of amides is 1. The standard InChI is InChI=1S/C16H19N3O5/c1-9(18-14(20)7-12(17)15(21)22)6-10-8-19(16(23)24)13-5-3-2-4-11(10)13/h2-5,8-9,12H,6-7,17H2,1H3,(H,18,20)(H,21,22)(H,23,24)/t9-,12-/m1/s1. The van der Waals surface area contributed by atoms with Crippen molar-refractivity contribution in [2.24, 2.45) is 5.73 Å². The van der Waals surface area contributed by atoms with Gasteiger partial charge in [-0.2, -0.15) is 0 Å². The molecule has 1 heterocycles. The van der Waals surface area contributed by atoms with Crippen LogP contribution in [0.5, 0.6) is 0 Å². The molecule has 0 fully saturated rings. The lowest BCUT2D eigenvalue weighted by Crippen LogP contribution is -2.40. The van der Waals surface area contributed by atoms with Gasteiger partial charge in [-0.25, -0.2) is 4.79 Å². The van der Waals surface area contributed by atoms with Crippen molar-refractivity contribution in [1.29, 1.82) is 0 Å². The Morgan fingerprint density at radius 3 is 2.54 bits per heavy atom. The van der Waals surface area contributed by atoms with Crippen molar-refractivity contribution >= 4 is 28.9 Å². The van der Waals surface area contributed by atoms with Crippen LogP contribution < -0.4 is 11.1 Å². The smallest absolute Gasteiger partial charge is 0.416 e. The van der Waals surface area contributed by atoms with Crippen molar-refractivity contribution in [2.75, 3.05) is 0 Å². The molecule has 0 unspecified atom stereocenters. The highest BCUT2D eigenvalue weighted by molar-refractivity contribution is 5.91. The molecule has 128 valence electrons. The number of carbonyl (C=O) groups excluding carboxylic acids is 1. The minimum atomic E-state index is -1.24. The third-order valence-electron chi connectivity index (χ3n) is 3.66. The van der Waals surface area contributed by atoms with Gasteiger partial charge >= 0.3 is 12.1 Å². The van der Waals surface area contributed by atoms with Gasteiger partial charge < -0.3 is 21.3 Å². The SMILES string of the molecule is C[C@H](Cc1cn(C(=O)O)c2ccccc12)NC(=O)C[C@@H](N)C(=O)O. The van der Waals surface area contributed by atoms with E-state index in [0.717, 1.165) is 15.5 Å². The van der Waals surface area contributed by atoms with Gasteiger partial charge in [0.15, 0.2) is 0 Å². The Labute approximate surface area is 137 Å². The first kappa shape index (κ1) is 17.5. The molecule has 24 heavy (non-hydrogen) atoms. The second-order valence-electron chi connectivity index (χ2n) is 5.65. The average Bonchev–Trinajstić information content (AvgIpc) is 2.86. The normalized spacial score (nSPS) is 13.4. The van der Waals surface area contributed by atoms with Crippen molar-refractivity contribution in [2.45, 2.75) is 31.8 Å². The van der Waals surface area contributed by atoms with E-state index in [0.29, 0.717) is 11.9 Å². The van der Waals surface area contributed by atoms with Crippen molar-refractivity contribution < 1.29 is 24.6 Å². The number of carbonyl (C=O) groups is 3. The first-order chi connectivity index (χ1) is 11.3. The Kier molecular flexibility index (Phi) is 5.20. The molecule has 2 atom stereocenters. The van der Waals surface area contributed by atoms with Gasteiger partial charge in [-0.1, -0.05) is 18.2 Å².